The SMILES string of the molecule is CCN(CC(F)(F)F)S(=O)(=O)c1ccc(N)cc1C. The molecule has 0 unspecified atom stereocenters. The lowest BCUT2D eigenvalue weighted by molar-refractivity contribution is -0.135. The van der Waals surface area contributed by atoms with Crippen molar-refractivity contribution in [2.24, 2.45) is 0 Å². The topological polar surface area (TPSA) is 63.4 Å². The molecule has 0 radical (unpaired) electrons. The summed E-state index contributed by atoms with van der Waals surface area (Å²) in [5, 5.41) is 0. The highest BCUT2D eigenvalue weighted by Crippen LogP contribution is 2.25. The molecule has 1 aromatic rings. The second kappa shape index (κ2) is 5.38. The van der Waals surface area contributed by atoms with E-state index in [0.717, 1.165) is 0 Å². The summed E-state index contributed by atoms with van der Waals surface area (Å²) in [6, 6.07) is 3.98. The largest absolute Gasteiger partial charge is 0.402 e. The van der Waals surface area contributed by atoms with Crippen LogP contribution in [0.15, 0.2) is 23.1 Å². The van der Waals surface area contributed by atoms with Crippen LogP contribution in [0, 0.1) is 6.92 Å². The van der Waals surface area contributed by atoms with E-state index in [1.165, 1.54) is 32.0 Å². The maximum atomic E-state index is 12.4. The summed E-state index contributed by atoms with van der Waals surface area (Å²) in [6.45, 7) is 1.09. The van der Waals surface area contributed by atoms with E-state index in [-0.39, 0.29) is 11.4 Å². The fourth-order valence-electron chi connectivity index (χ4n) is 1.67. The first-order valence-corrected chi connectivity index (χ1v) is 6.95. The Morgan fingerprint density at radius 3 is 2.32 bits per heavy atom. The van der Waals surface area contributed by atoms with Crippen molar-refractivity contribution in [2.45, 2.75) is 24.9 Å². The highest BCUT2D eigenvalue weighted by molar-refractivity contribution is 7.89. The van der Waals surface area contributed by atoms with Crippen molar-refractivity contribution in [1.29, 1.82) is 0 Å². The third kappa shape index (κ3) is 3.84. The van der Waals surface area contributed by atoms with Gasteiger partial charge in [0, 0.05) is 12.2 Å². The summed E-state index contributed by atoms with van der Waals surface area (Å²) in [7, 11) is -4.17. The molecule has 0 aliphatic carbocycles. The molecule has 0 aliphatic rings. The van der Waals surface area contributed by atoms with E-state index in [2.05, 4.69) is 0 Å². The number of nitrogen functional groups attached to an aromatic ring is 1. The molecule has 0 aliphatic heterocycles. The third-order valence-electron chi connectivity index (χ3n) is 2.53. The Morgan fingerprint density at radius 2 is 1.89 bits per heavy atom. The van der Waals surface area contributed by atoms with Crippen LogP contribution in [0.5, 0.6) is 0 Å². The van der Waals surface area contributed by atoms with Gasteiger partial charge in [0.2, 0.25) is 10.0 Å². The minimum Gasteiger partial charge on any atom is -0.399 e. The van der Waals surface area contributed by atoms with Crippen LogP contribution in [0.4, 0.5) is 18.9 Å². The smallest absolute Gasteiger partial charge is 0.399 e. The van der Waals surface area contributed by atoms with Crippen molar-refractivity contribution in [3.63, 3.8) is 0 Å². The molecule has 0 saturated carbocycles. The zero-order valence-corrected chi connectivity index (χ0v) is 11.3. The van der Waals surface area contributed by atoms with E-state index in [9.17, 15) is 21.6 Å². The first-order valence-electron chi connectivity index (χ1n) is 5.51. The fraction of sp³-hybridized carbons (Fsp3) is 0.455. The molecule has 0 atom stereocenters. The van der Waals surface area contributed by atoms with Crippen LogP contribution >= 0.6 is 0 Å². The highest BCUT2D eigenvalue weighted by Gasteiger charge is 2.36. The van der Waals surface area contributed by atoms with Crippen LogP contribution in [0.3, 0.4) is 0 Å². The fourth-order valence-corrected chi connectivity index (χ4v) is 3.31. The van der Waals surface area contributed by atoms with Gasteiger partial charge >= 0.3 is 6.18 Å². The molecule has 0 spiro atoms. The normalized spacial score (nSPS) is 12.9. The van der Waals surface area contributed by atoms with Crippen molar-refractivity contribution in [2.75, 3.05) is 18.8 Å². The van der Waals surface area contributed by atoms with Gasteiger partial charge in [0.05, 0.1) is 4.90 Å². The minimum atomic E-state index is -4.58. The molecule has 2 N–H and O–H groups in total. The summed E-state index contributed by atoms with van der Waals surface area (Å²) in [4.78, 5) is -0.159. The number of sulfonamides is 1. The molecule has 0 aromatic heterocycles. The van der Waals surface area contributed by atoms with Gasteiger partial charge in [-0.05, 0) is 30.7 Å². The molecule has 0 fully saturated rings. The Labute approximate surface area is 110 Å². The zero-order chi connectivity index (χ0) is 14.8. The zero-order valence-electron chi connectivity index (χ0n) is 10.5. The quantitative estimate of drug-likeness (QED) is 0.866. The second-order valence-corrected chi connectivity index (χ2v) is 5.98. The van der Waals surface area contributed by atoms with Crippen LogP contribution in [-0.4, -0.2) is 32.0 Å². The summed E-state index contributed by atoms with van der Waals surface area (Å²) < 4.78 is 61.8. The molecule has 108 valence electrons. The van der Waals surface area contributed by atoms with Crippen molar-refractivity contribution < 1.29 is 21.6 Å². The van der Waals surface area contributed by atoms with E-state index in [4.69, 9.17) is 5.73 Å². The average molecular weight is 296 g/mol. The van der Waals surface area contributed by atoms with E-state index >= 15 is 0 Å². The predicted molar refractivity (Wildman–Crippen MR) is 66.1 cm³/mol. The number of nitrogens with two attached hydrogens (primary N) is 1. The van der Waals surface area contributed by atoms with Crippen LogP contribution in [-0.2, 0) is 10.0 Å². The minimum absolute atomic E-state index is 0.159. The van der Waals surface area contributed by atoms with Gasteiger partial charge in [-0.25, -0.2) is 8.42 Å². The number of aryl methyl sites for hydroxylation is 1. The maximum Gasteiger partial charge on any atom is 0.402 e. The number of benzene rings is 1. The summed E-state index contributed by atoms with van der Waals surface area (Å²) >= 11 is 0. The van der Waals surface area contributed by atoms with Crippen LogP contribution in [0.2, 0.25) is 0 Å². The number of anilines is 1. The lowest BCUT2D eigenvalue weighted by Crippen LogP contribution is -2.39. The standard InChI is InChI=1S/C11H15F3N2O2S/c1-3-16(7-11(12,13)14)19(17,18)10-5-4-9(15)6-8(10)2/h4-6H,3,7,15H2,1-2H3. The van der Waals surface area contributed by atoms with Gasteiger partial charge in [-0.15, -0.1) is 0 Å². The van der Waals surface area contributed by atoms with Gasteiger partial charge in [0.1, 0.15) is 6.54 Å². The van der Waals surface area contributed by atoms with Crippen LogP contribution in [0.1, 0.15) is 12.5 Å². The molecule has 4 nitrogen and oxygen atoms in total. The molecule has 1 rings (SSSR count). The monoisotopic (exact) mass is 296 g/mol. The van der Waals surface area contributed by atoms with Crippen LogP contribution in [0.25, 0.3) is 0 Å². The third-order valence-corrected chi connectivity index (χ3v) is 4.61. The Morgan fingerprint density at radius 1 is 1.32 bits per heavy atom. The maximum absolute atomic E-state index is 12.4. The number of hydrogen-bond donors (Lipinski definition) is 1. The molecule has 19 heavy (non-hydrogen) atoms. The predicted octanol–water partition coefficient (Wildman–Crippen LogP) is 2.15. The molecular weight excluding hydrogens is 281 g/mol. The van der Waals surface area contributed by atoms with E-state index < -0.39 is 22.7 Å². The molecule has 0 heterocycles. The van der Waals surface area contributed by atoms with Gasteiger partial charge in [0.15, 0.2) is 0 Å². The molecule has 0 saturated heterocycles. The van der Waals surface area contributed by atoms with E-state index in [0.29, 0.717) is 15.6 Å². The number of hydrogen-bond acceptors (Lipinski definition) is 3. The Hall–Kier alpha value is -1.28. The van der Waals surface area contributed by atoms with Gasteiger partial charge in [-0.2, -0.15) is 17.5 Å². The summed E-state index contributed by atoms with van der Waals surface area (Å²) in [5.41, 5.74) is 6.17. The first-order chi connectivity index (χ1) is 8.58. The van der Waals surface area contributed by atoms with Gasteiger partial charge in [-0.3, -0.25) is 0 Å². The number of rotatable bonds is 4. The molecule has 8 heteroatoms. The number of alkyl halides is 3. The lowest BCUT2D eigenvalue weighted by Gasteiger charge is -2.22. The second-order valence-electron chi connectivity index (χ2n) is 4.07. The molecule has 0 amide bonds. The molecule has 1 aromatic carbocycles. The van der Waals surface area contributed by atoms with Gasteiger partial charge in [0.25, 0.3) is 0 Å². The Bertz CT molecular complexity index is 556. The van der Waals surface area contributed by atoms with Crippen molar-refractivity contribution >= 4 is 15.7 Å². The Balaban J connectivity index is 3.21. The van der Waals surface area contributed by atoms with Crippen molar-refractivity contribution in [3.8, 4) is 0 Å². The lowest BCUT2D eigenvalue weighted by atomic mass is 10.2. The van der Waals surface area contributed by atoms with Crippen LogP contribution < -0.4 is 5.73 Å². The highest BCUT2D eigenvalue weighted by atomic mass is 32.2. The van der Waals surface area contributed by atoms with Crippen molar-refractivity contribution in [3.05, 3.63) is 23.8 Å². The number of halogens is 3. The van der Waals surface area contributed by atoms with Crippen molar-refractivity contribution in [1.82, 2.24) is 4.31 Å². The van der Waals surface area contributed by atoms with E-state index in [1.54, 1.807) is 0 Å². The first kappa shape index (κ1) is 15.8. The van der Waals surface area contributed by atoms with Gasteiger partial charge < -0.3 is 5.73 Å². The summed E-state index contributed by atoms with van der Waals surface area (Å²) in [6.07, 6.45) is -4.58. The summed E-state index contributed by atoms with van der Waals surface area (Å²) in [5.74, 6) is 0. The molecular formula is C11H15F3N2O2S. The van der Waals surface area contributed by atoms with E-state index in [1.807, 2.05) is 0 Å². The molecule has 0 bridgehead atoms. The van der Waals surface area contributed by atoms with Gasteiger partial charge in [-0.1, -0.05) is 6.92 Å². The Kier molecular flexibility index (Phi) is 4.46. The number of nitrogens with zero attached hydrogens (tertiary/aromatic N) is 1. The average Bonchev–Trinajstić information content (AvgIpc) is 2.23.